The van der Waals surface area contributed by atoms with Gasteiger partial charge in [-0.3, -0.25) is 4.79 Å². The van der Waals surface area contributed by atoms with Gasteiger partial charge < -0.3 is 24.3 Å². The lowest BCUT2D eigenvalue weighted by atomic mass is 9.93. The number of nitriles is 1. The number of aromatic nitrogens is 3. The Morgan fingerprint density at radius 1 is 1.12 bits per heavy atom. The molecule has 2 atom stereocenters. The first-order valence-electron chi connectivity index (χ1n) is 14.9. The maximum absolute atomic E-state index is 13.8. The number of ether oxygens (including phenoxy) is 1. The predicted molar refractivity (Wildman–Crippen MR) is 162 cm³/mol. The van der Waals surface area contributed by atoms with Crippen molar-refractivity contribution in [3.8, 4) is 23.3 Å². The van der Waals surface area contributed by atoms with Crippen molar-refractivity contribution < 1.29 is 13.9 Å². The fraction of sp³-hybridized carbons (Fsp3) is 0.469. The van der Waals surface area contributed by atoms with E-state index in [1.54, 1.807) is 0 Å². The number of anilines is 1. The van der Waals surface area contributed by atoms with Crippen LogP contribution in [0.2, 0.25) is 0 Å². The summed E-state index contributed by atoms with van der Waals surface area (Å²) in [6.07, 6.45) is 3.25. The van der Waals surface area contributed by atoms with Gasteiger partial charge in [0.1, 0.15) is 12.4 Å². The van der Waals surface area contributed by atoms with E-state index in [-0.39, 0.29) is 19.0 Å². The molecule has 43 heavy (non-hydrogen) atoms. The summed E-state index contributed by atoms with van der Waals surface area (Å²) in [7, 11) is 4.23. The molecule has 224 valence electrons. The first-order valence-corrected chi connectivity index (χ1v) is 14.9. The summed E-state index contributed by atoms with van der Waals surface area (Å²) < 4.78 is 20.0. The second-order valence-corrected chi connectivity index (χ2v) is 11.8. The third-order valence-corrected chi connectivity index (χ3v) is 8.94. The van der Waals surface area contributed by atoms with Crippen LogP contribution < -0.4 is 9.64 Å². The monoisotopic (exact) mass is 584 g/mol. The zero-order valence-electron chi connectivity index (χ0n) is 24.8. The minimum absolute atomic E-state index is 0.0614. The maximum atomic E-state index is 13.8. The van der Waals surface area contributed by atoms with Crippen LogP contribution in [0.5, 0.6) is 6.01 Å². The summed E-state index contributed by atoms with van der Waals surface area (Å²) in [5.74, 6) is -1.18. The summed E-state index contributed by atoms with van der Waals surface area (Å²) in [5.41, 5.74) is 5.08. The van der Waals surface area contributed by atoms with E-state index in [0.717, 1.165) is 55.5 Å². The molecule has 3 aromatic rings. The van der Waals surface area contributed by atoms with Crippen LogP contribution in [0.3, 0.4) is 0 Å². The number of amides is 1. The van der Waals surface area contributed by atoms with E-state index < -0.39 is 17.8 Å². The van der Waals surface area contributed by atoms with Crippen LogP contribution in [0.4, 0.5) is 10.2 Å². The number of nitrogens with zero attached hydrogens (tertiary/aromatic N) is 8. The Morgan fingerprint density at radius 3 is 2.74 bits per heavy atom. The van der Waals surface area contributed by atoms with E-state index in [1.165, 1.54) is 16.0 Å². The molecule has 3 aliphatic rings. The highest BCUT2D eigenvalue weighted by Crippen LogP contribution is 2.33. The van der Waals surface area contributed by atoms with Gasteiger partial charge in [-0.2, -0.15) is 15.2 Å². The normalized spacial score (nSPS) is 21.1. The predicted octanol–water partition coefficient (Wildman–Crippen LogP) is 3.57. The van der Waals surface area contributed by atoms with Crippen LogP contribution in [-0.4, -0.2) is 101 Å². The average Bonchev–Trinajstić information content (AvgIpc) is 3.43. The Labute approximate surface area is 251 Å². The largest absolute Gasteiger partial charge is 0.462 e. The van der Waals surface area contributed by atoms with Gasteiger partial charge in [0.2, 0.25) is 0 Å². The van der Waals surface area contributed by atoms with Crippen molar-refractivity contribution in [1.29, 1.82) is 5.26 Å². The van der Waals surface area contributed by atoms with E-state index in [2.05, 4.69) is 54.7 Å². The van der Waals surface area contributed by atoms with Crippen molar-refractivity contribution in [2.75, 3.05) is 58.3 Å². The van der Waals surface area contributed by atoms with Gasteiger partial charge in [-0.1, -0.05) is 24.8 Å². The molecule has 0 radical (unpaired) electrons. The van der Waals surface area contributed by atoms with E-state index in [4.69, 9.17) is 19.7 Å². The molecule has 0 unspecified atom stereocenters. The molecule has 0 bridgehead atoms. The van der Waals surface area contributed by atoms with Crippen LogP contribution in [0.25, 0.3) is 22.3 Å². The van der Waals surface area contributed by atoms with E-state index in [0.29, 0.717) is 37.2 Å². The minimum atomic E-state index is -1.03. The number of fused-ring (bicyclic) bond motifs is 2. The second-order valence-electron chi connectivity index (χ2n) is 11.8. The van der Waals surface area contributed by atoms with Gasteiger partial charge in [0, 0.05) is 44.3 Å². The first kappa shape index (κ1) is 29.0. The van der Waals surface area contributed by atoms with Gasteiger partial charge in [-0.15, -0.1) is 0 Å². The molecule has 2 fully saturated rings. The number of likely N-dealkylation sites (N-methyl/N-ethyl adjacent to an activating group) is 2. The third-order valence-electron chi connectivity index (χ3n) is 8.94. The van der Waals surface area contributed by atoms with Crippen molar-refractivity contribution in [2.24, 2.45) is 0 Å². The number of rotatable bonds is 7. The standard InChI is InChI=1S/C32H37FN8O2/c1-21(33)31(42)41-17-16-40(18-23(41)11-13-34)30-26-9-10-28(25-8-4-6-22-12-15-38(2)19-27(22)25)35-29(26)36-32(37-30)43-20-24-7-5-14-39(24)3/h4,6,8-10,23-24H,1,5,7,11-12,14-20H2,2-3H3/t23-,24-/m0/s1. The number of hydrogen-bond acceptors (Lipinski definition) is 9. The molecule has 0 aliphatic carbocycles. The highest BCUT2D eigenvalue weighted by Gasteiger charge is 2.33. The Balaban J connectivity index is 1.38. The van der Waals surface area contributed by atoms with Crippen molar-refractivity contribution in [2.45, 2.75) is 44.3 Å². The van der Waals surface area contributed by atoms with E-state index in [1.807, 2.05) is 17.0 Å². The average molecular weight is 585 g/mol. The van der Waals surface area contributed by atoms with Gasteiger partial charge in [-0.05, 0) is 63.2 Å². The molecule has 5 heterocycles. The fourth-order valence-electron chi connectivity index (χ4n) is 6.50. The first-order chi connectivity index (χ1) is 20.8. The number of benzene rings is 1. The fourth-order valence-corrected chi connectivity index (χ4v) is 6.50. The number of halogens is 1. The number of pyridine rings is 1. The molecule has 6 rings (SSSR count). The Kier molecular flexibility index (Phi) is 8.23. The molecule has 3 aliphatic heterocycles. The van der Waals surface area contributed by atoms with Crippen LogP contribution in [-0.2, 0) is 17.8 Å². The molecule has 11 heteroatoms. The zero-order chi connectivity index (χ0) is 30.1. The molecular weight excluding hydrogens is 547 g/mol. The number of piperazine rings is 1. The molecular formula is C32H37FN8O2. The zero-order valence-corrected chi connectivity index (χ0v) is 24.8. The number of carbonyl (C=O) groups is 1. The van der Waals surface area contributed by atoms with Crippen molar-refractivity contribution in [1.82, 2.24) is 29.7 Å². The lowest BCUT2D eigenvalue weighted by Gasteiger charge is -2.41. The van der Waals surface area contributed by atoms with Crippen LogP contribution in [0.1, 0.15) is 30.4 Å². The highest BCUT2D eigenvalue weighted by molar-refractivity contribution is 5.92. The molecule has 0 spiro atoms. The molecule has 0 N–H and O–H groups in total. The van der Waals surface area contributed by atoms with Gasteiger partial charge >= 0.3 is 6.01 Å². The number of hydrogen-bond donors (Lipinski definition) is 0. The smallest absolute Gasteiger partial charge is 0.320 e. The third kappa shape index (κ3) is 5.90. The lowest BCUT2D eigenvalue weighted by Crippen LogP contribution is -2.55. The lowest BCUT2D eigenvalue weighted by molar-refractivity contribution is -0.131. The van der Waals surface area contributed by atoms with E-state index >= 15 is 0 Å². The topological polar surface area (TPSA) is 102 Å². The molecule has 0 saturated carbocycles. The quantitative estimate of drug-likeness (QED) is 0.386. The van der Waals surface area contributed by atoms with Gasteiger partial charge in [0.15, 0.2) is 11.5 Å². The van der Waals surface area contributed by atoms with Crippen molar-refractivity contribution >= 4 is 22.8 Å². The van der Waals surface area contributed by atoms with E-state index in [9.17, 15) is 14.4 Å². The van der Waals surface area contributed by atoms with Crippen LogP contribution >= 0.6 is 0 Å². The highest BCUT2D eigenvalue weighted by atomic mass is 19.1. The maximum Gasteiger partial charge on any atom is 0.320 e. The Bertz CT molecular complexity index is 1590. The molecule has 1 aromatic carbocycles. The minimum Gasteiger partial charge on any atom is -0.462 e. The van der Waals surface area contributed by atoms with Gasteiger partial charge in [0.25, 0.3) is 5.91 Å². The summed E-state index contributed by atoms with van der Waals surface area (Å²) in [6, 6.07) is 12.6. The molecule has 1 amide bonds. The number of likely N-dealkylation sites (tertiary alicyclic amines) is 1. The summed E-state index contributed by atoms with van der Waals surface area (Å²) in [4.78, 5) is 35.2. The van der Waals surface area contributed by atoms with Crippen LogP contribution in [0.15, 0.2) is 42.7 Å². The van der Waals surface area contributed by atoms with Crippen molar-refractivity contribution in [3.63, 3.8) is 0 Å². The Morgan fingerprint density at radius 2 is 1.98 bits per heavy atom. The second kappa shape index (κ2) is 12.2. The summed E-state index contributed by atoms with van der Waals surface area (Å²) in [5, 5.41) is 10.2. The SMILES string of the molecule is C=C(F)C(=O)N1CCN(c2nc(OC[C@@H]3CCCN3C)nc3nc(-c4cccc5c4CN(C)CC5)ccc23)C[C@@H]1CC#N. The van der Waals surface area contributed by atoms with Gasteiger partial charge in [-0.25, -0.2) is 9.37 Å². The van der Waals surface area contributed by atoms with Crippen molar-refractivity contribution in [3.05, 3.63) is 53.9 Å². The molecule has 2 saturated heterocycles. The Hall–Kier alpha value is -4.14. The van der Waals surface area contributed by atoms with Gasteiger partial charge in [0.05, 0.1) is 29.6 Å². The van der Waals surface area contributed by atoms with Crippen LogP contribution in [0, 0.1) is 11.3 Å². The molecule has 2 aromatic heterocycles. The summed E-state index contributed by atoms with van der Waals surface area (Å²) in [6.45, 7) is 7.51. The molecule has 10 nitrogen and oxygen atoms in total. The number of carbonyl (C=O) groups excluding carboxylic acids is 1. The summed E-state index contributed by atoms with van der Waals surface area (Å²) >= 11 is 0.